The van der Waals surface area contributed by atoms with Crippen molar-refractivity contribution in [1.82, 2.24) is 10.2 Å². The quantitative estimate of drug-likeness (QED) is 0.803. The summed E-state index contributed by atoms with van der Waals surface area (Å²) in [5.74, 6) is 0. The number of aryl methyl sites for hydroxylation is 3. The summed E-state index contributed by atoms with van der Waals surface area (Å²) in [5, 5.41) is 3.40. The summed E-state index contributed by atoms with van der Waals surface area (Å²) in [6.07, 6.45) is 3.88. The van der Waals surface area contributed by atoms with Crippen LogP contribution in [0.5, 0.6) is 0 Å². The molecule has 1 saturated heterocycles. The summed E-state index contributed by atoms with van der Waals surface area (Å²) in [6.45, 7) is 10.5. The molecule has 0 saturated carbocycles. The van der Waals surface area contributed by atoms with Crippen LogP contribution in [0.25, 0.3) is 0 Å². The Kier molecular flexibility index (Phi) is 5.21. The van der Waals surface area contributed by atoms with E-state index in [9.17, 15) is 0 Å². The first-order chi connectivity index (χ1) is 8.75. The number of unbranched alkanes of at least 4 members (excludes halogenated alkanes) is 1. The van der Waals surface area contributed by atoms with Gasteiger partial charge in [0.1, 0.15) is 0 Å². The number of rotatable bonds is 5. The van der Waals surface area contributed by atoms with Gasteiger partial charge < -0.3 is 10.2 Å². The highest BCUT2D eigenvalue weighted by Gasteiger charge is 2.08. The Morgan fingerprint density at radius 1 is 1.11 bits per heavy atom. The number of benzene rings is 1. The van der Waals surface area contributed by atoms with Gasteiger partial charge in [-0.15, -0.1) is 0 Å². The topological polar surface area (TPSA) is 15.3 Å². The van der Waals surface area contributed by atoms with E-state index in [4.69, 9.17) is 0 Å². The van der Waals surface area contributed by atoms with Crippen molar-refractivity contribution in [2.45, 2.75) is 33.1 Å². The van der Waals surface area contributed by atoms with E-state index in [1.165, 1.54) is 55.6 Å². The molecule has 2 nitrogen and oxygen atoms in total. The number of nitrogens with zero attached hydrogens (tertiary/aromatic N) is 1. The van der Waals surface area contributed by atoms with Crippen molar-refractivity contribution < 1.29 is 0 Å². The fraction of sp³-hybridized carbons (Fsp3) is 0.625. The van der Waals surface area contributed by atoms with Gasteiger partial charge in [-0.2, -0.15) is 0 Å². The summed E-state index contributed by atoms with van der Waals surface area (Å²) in [5.41, 5.74) is 4.37. The molecule has 1 aliphatic heterocycles. The first kappa shape index (κ1) is 13.6. The molecule has 0 aromatic heterocycles. The van der Waals surface area contributed by atoms with Crippen molar-refractivity contribution in [2.75, 3.05) is 32.7 Å². The van der Waals surface area contributed by atoms with E-state index in [1.807, 2.05) is 0 Å². The van der Waals surface area contributed by atoms with Crippen LogP contribution in [-0.4, -0.2) is 37.6 Å². The van der Waals surface area contributed by atoms with E-state index in [1.54, 1.807) is 0 Å². The van der Waals surface area contributed by atoms with Crippen molar-refractivity contribution in [3.05, 3.63) is 34.9 Å². The predicted molar refractivity (Wildman–Crippen MR) is 78.2 cm³/mol. The third kappa shape index (κ3) is 4.11. The standard InChI is InChI=1S/C16H26N2/c1-14-6-7-15(2)16(13-14)5-3-4-10-18-11-8-17-9-12-18/h6-7,13,17H,3-5,8-12H2,1-2H3. The van der Waals surface area contributed by atoms with Crippen LogP contribution in [0.3, 0.4) is 0 Å². The fourth-order valence-electron chi connectivity index (χ4n) is 2.66. The molecule has 0 unspecified atom stereocenters. The minimum absolute atomic E-state index is 1.16. The van der Waals surface area contributed by atoms with Gasteiger partial charge >= 0.3 is 0 Å². The summed E-state index contributed by atoms with van der Waals surface area (Å²) in [6, 6.07) is 6.81. The molecule has 2 heteroatoms. The monoisotopic (exact) mass is 246 g/mol. The Balaban J connectivity index is 1.69. The van der Waals surface area contributed by atoms with Crippen LogP contribution in [0.2, 0.25) is 0 Å². The highest BCUT2D eigenvalue weighted by molar-refractivity contribution is 5.30. The zero-order valence-electron chi connectivity index (χ0n) is 11.8. The predicted octanol–water partition coefficient (Wildman–Crippen LogP) is 2.53. The van der Waals surface area contributed by atoms with Crippen LogP contribution < -0.4 is 5.32 Å². The van der Waals surface area contributed by atoms with E-state index >= 15 is 0 Å². The largest absolute Gasteiger partial charge is 0.314 e. The fourth-order valence-corrected chi connectivity index (χ4v) is 2.66. The minimum atomic E-state index is 1.16. The van der Waals surface area contributed by atoms with E-state index in [0.717, 1.165) is 13.1 Å². The van der Waals surface area contributed by atoms with Gasteiger partial charge in [-0.1, -0.05) is 23.8 Å². The first-order valence-electron chi connectivity index (χ1n) is 7.25. The Bertz CT molecular complexity index is 367. The first-order valence-corrected chi connectivity index (χ1v) is 7.25. The third-order valence-electron chi connectivity index (χ3n) is 3.88. The maximum Gasteiger partial charge on any atom is 0.0107 e. The zero-order chi connectivity index (χ0) is 12.8. The SMILES string of the molecule is Cc1ccc(C)c(CCCCN2CCNCC2)c1. The van der Waals surface area contributed by atoms with Crippen molar-refractivity contribution >= 4 is 0 Å². The second-order valence-corrected chi connectivity index (χ2v) is 5.48. The molecule has 0 aliphatic carbocycles. The molecule has 100 valence electrons. The van der Waals surface area contributed by atoms with Crippen LogP contribution in [0, 0.1) is 13.8 Å². The highest BCUT2D eigenvalue weighted by atomic mass is 15.2. The Labute approximate surface area is 111 Å². The molecule has 0 spiro atoms. The van der Waals surface area contributed by atoms with Gasteiger partial charge in [0.25, 0.3) is 0 Å². The lowest BCUT2D eigenvalue weighted by molar-refractivity contribution is 0.237. The molecule has 1 aliphatic rings. The van der Waals surface area contributed by atoms with Gasteiger partial charge in [-0.3, -0.25) is 0 Å². The molecule has 1 fully saturated rings. The molecule has 1 aromatic rings. The number of piperazine rings is 1. The van der Waals surface area contributed by atoms with Gasteiger partial charge in [0.05, 0.1) is 0 Å². The maximum atomic E-state index is 3.40. The van der Waals surface area contributed by atoms with Gasteiger partial charge in [-0.05, 0) is 50.8 Å². The van der Waals surface area contributed by atoms with Crippen molar-refractivity contribution in [3.63, 3.8) is 0 Å². The van der Waals surface area contributed by atoms with Gasteiger partial charge in [0.2, 0.25) is 0 Å². The average molecular weight is 246 g/mol. The molecular weight excluding hydrogens is 220 g/mol. The molecule has 0 bridgehead atoms. The van der Waals surface area contributed by atoms with E-state index in [0.29, 0.717) is 0 Å². The number of nitrogens with one attached hydrogen (secondary N) is 1. The van der Waals surface area contributed by atoms with Crippen LogP contribution in [-0.2, 0) is 6.42 Å². The zero-order valence-corrected chi connectivity index (χ0v) is 11.8. The van der Waals surface area contributed by atoms with E-state index < -0.39 is 0 Å². The van der Waals surface area contributed by atoms with Gasteiger partial charge in [0, 0.05) is 26.2 Å². The number of hydrogen-bond donors (Lipinski definition) is 1. The van der Waals surface area contributed by atoms with E-state index in [-0.39, 0.29) is 0 Å². The molecule has 1 aromatic carbocycles. The van der Waals surface area contributed by atoms with Gasteiger partial charge in [-0.25, -0.2) is 0 Å². The molecule has 1 N–H and O–H groups in total. The van der Waals surface area contributed by atoms with Crippen LogP contribution in [0.4, 0.5) is 0 Å². The van der Waals surface area contributed by atoms with Crippen molar-refractivity contribution in [1.29, 1.82) is 0 Å². The van der Waals surface area contributed by atoms with E-state index in [2.05, 4.69) is 42.3 Å². The molecule has 0 atom stereocenters. The smallest absolute Gasteiger partial charge is 0.0107 e. The van der Waals surface area contributed by atoms with Gasteiger partial charge in [0.15, 0.2) is 0 Å². The Morgan fingerprint density at radius 3 is 2.67 bits per heavy atom. The molecule has 0 radical (unpaired) electrons. The maximum absolute atomic E-state index is 3.40. The lowest BCUT2D eigenvalue weighted by Crippen LogP contribution is -2.43. The van der Waals surface area contributed by atoms with Crippen molar-refractivity contribution in [3.8, 4) is 0 Å². The molecule has 1 heterocycles. The minimum Gasteiger partial charge on any atom is -0.314 e. The summed E-state index contributed by atoms with van der Waals surface area (Å²) >= 11 is 0. The third-order valence-corrected chi connectivity index (χ3v) is 3.88. The second kappa shape index (κ2) is 6.91. The highest BCUT2D eigenvalue weighted by Crippen LogP contribution is 2.13. The summed E-state index contributed by atoms with van der Waals surface area (Å²) in [4.78, 5) is 2.58. The summed E-state index contributed by atoms with van der Waals surface area (Å²) in [7, 11) is 0. The summed E-state index contributed by atoms with van der Waals surface area (Å²) < 4.78 is 0. The Morgan fingerprint density at radius 2 is 1.89 bits per heavy atom. The normalized spacial score (nSPS) is 17.0. The molecular formula is C16H26N2. The Hall–Kier alpha value is -0.860. The molecule has 2 rings (SSSR count). The lowest BCUT2D eigenvalue weighted by atomic mass is 10.0. The van der Waals surface area contributed by atoms with Crippen LogP contribution in [0.15, 0.2) is 18.2 Å². The average Bonchev–Trinajstić information content (AvgIpc) is 2.40. The molecule has 18 heavy (non-hydrogen) atoms. The van der Waals surface area contributed by atoms with Crippen LogP contribution in [0.1, 0.15) is 29.5 Å². The molecule has 0 amide bonds. The second-order valence-electron chi connectivity index (χ2n) is 5.48. The lowest BCUT2D eigenvalue weighted by Gasteiger charge is -2.27. The number of hydrogen-bond acceptors (Lipinski definition) is 2. The van der Waals surface area contributed by atoms with Crippen LogP contribution >= 0.6 is 0 Å². The van der Waals surface area contributed by atoms with Crippen molar-refractivity contribution in [2.24, 2.45) is 0 Å².